The monoisotopic (exact) mass is 318 g/mol. The minimum atomic E-state index is -0.303. The van der Waals surface area contributed by atoms with Crippen LogP contribution in [-0.4, -0.2) is 18.1 Å². The Morgan fingerprint density at radius 1 is 1.22 bits per heavy atom. The number of rotatable bonds is 5. The first-order valence-electron chi connectivity index (χ1n) is 8.62. The predicted molar refractivity (Wildman–Crippen MR) is 94.6 cm³/mol. The predicted octanol–water partition coefficient (Wildman–Crippen LogP) is 4.10. The van der Waals surface area contributed by atoms with Crippen molar-refractivity contribution in [1.29, 1.82) is 0 Å². The van der Waals surface area contributed by atoms with Crippen LogP contribution in [0.25, 0.3) is 0 Å². The van der Waals surface area contributed by atoms with Gasteiger partial charge in [0.1, 0.15) is 11.4 Å². The third kappa shape index (κ3) is 5.24. The first-order chi connectivity index (χ1) is 10.8. The molecule has 1 aliphatic carbocycles. The van der Waals surface area contributed by atoms with E-state index in [4.69, 9.17) is 10.5 Å². The van der Waals surface area contributed by atoms with Crippen LogP contribution in [0.5, 0.6) is 5.75 Å². The van der Waals surface area contributed by atoms with Crippen LogP contribution in [-0.2, 0) is 4.79 Å². The maximum atomic E-state index is 12.5. The highest BCUT2D eigenvalue weighted by Gasteiger charge is 2.33. The second-order valence-corrected chi connectivity index (χ2v) is 7.70. The Kier molecular flexibility index (Phi) is 5.69. The van der Waals surface area contributed by atoms with Crippen molar-refractivity contribution in [3.05, 3.63) is 24.3 Å². The quantitative estimate of drug-likeness (QED) is 0.859. The number of anilines is 1. The number of benzene rings is 1. The molecule has 4 nitrogen and oxygen atoms in total. The normalized spacial score (nSPS) is 17.6. The van der Waals surface area contributed by atoms with Gasteiger partial charge in [0, 0.05) is 6.42 Å². The van der Waals surface area contributed by atoms with Crippen molar-refractivity contribution in [2.24, 2.45) is 11.1 Å². The molecule has 0 unspecified atom stereocenters. The van der Waals surface area contributed by atoms with Crippen LogP contribution < -0.4 is 15.8 Å². The van der Waals surface area contributed by atoms with E-state index in [-0.39, 0.29) is 16.9 Å². The first kappa shape index (κ1) is 17.8. The van der Waals surface area contributed by atoms with Gasteiger partial charge in [0.05, 0.1) is 5.69 Å². The number of carbonyl (C=O) groups is 1. The van der Waals surface area contributed by atoms with Gasteiger partial charge >= 0.3 is 0 Å². The van der Waals surface area contributed by atoms with E-state index in [2.05, 4.69) is 5.32 Å². The molecule has 0 bridgehead atoms. The maximum absolute atomic E-state index is 12.5. The average molecular weight is 318 g/mol. The number of nitrogens with one attached hydrogen (secondary N) is 1. The molecule has 1 amide bonds. The van der Waals surface area contributed by atoms with Gasteiger partial charge in [-0.2, -0.15) is 0 Å². The zero-order valence-corrected chi connectivity index (χ0v) is 14.7. The Balaban J connectivity index is 2.05. The molecule has 128 valence electrons. The Hall–Kier alpha value is -1.55. The van der Waals surface area contributed by atoms with E-state index in [0.717, 1.165) is 18.5 Å². The number of hydrogen-bond acceptors (Lipinski definition) is 3. The summed E-state index contributed by atoms with van der Waals surface area (Å²) in [6, 6.07) is 7.60. The van der Waals surface area contributed by atoms with Gasteiger partial charge in [0.15, 0.2) is 0 Å². The third-order valence-electron chi connectivity index (χ3n) is 4.46. The van der Waals surface area contributed by atoms with E-state index < -0.39 is 0 Å². The van der Waals surface area contributed by atoms with Crippen LogP contribution >= 0.6 is 0 Å². The molecule has 0 heterocycles. The van der Waals surface area contributed by atoms with Gasteiger partial charge in [-0.1, -0.05) is 31.4 Å². The van der Waals surface area contributed by atoms with E-state index in [1.807, 2.05) is 45.0 Å². The molecular weight excluding hydrogens is 288 g/mol. The topological polar surface area (TPSA) is 64.3 Å². The smallest absolute Gasteiger partial charge is 0.225 e. The summed E-state index contributed by atoms with van der Waals surface area (Å²) in [5.74, 6) is 0.737. The molecule has 1 aromatic carbocycles. The summed E-state index contributed by atoms with van der Waals surface area (Å²) in [4.78, 5) is 12.5. The standard InChI is InChI=1S/C19H30N2O2/c1-18(2,3)23-16-10-6-5-9-15(16)21-17(22)13-19(14-20)11-7-4-8-12-19/h5-6,9-10H,4,7-8,11-14,20H2,1-3H3,(H,21,22). The van der Waals surface area contributed by atoms with E-state index in [9.17, 15) is 4.79 Å². The molecule has 1 fully saturated rings. The van der Waals surface area contributed by atoms with Gasteiger partial charge < -0.3 is 15.8 Å². The summed E-state index contributed by atoms with van der Waals surface area (Å²) in [6.07, 6.45) is 6.20. The highest BCUT2D eigenvalue weighted by Crippen LogP contribution is 2.39. The van der Waals surface area contributed by atoms with Gasteiger partial charge in [-0.25, -0.2) is 0 Å². The highest BCUT2D eigenvalue weighted by atomic mass is 16.5. The lowest BCUT2D eigenvalue weighted by atomic mass is 9.71. The van der Waals surface area contributed by atoms with Crippen molar-refractivity contribution < 1.29 is 9.53 Å². The highest BCUT2D eigenvalue weighted by molar-refractivity contribution is 5.92. The molecule has 4 heteroatoms. The van der Waals surface area contributed by atoms with Gasteiger partial charge in [-0.05, 0) is 57.7 Å². The van der Waals surface area contributed by atoms with Crippen molar-refractivity contribution >= 4 is 11.6 Å². The Labute approximate surface area is 139 Å². The number of nitrogens with two attached hydrogens (primary N) is 1. The van der Waals surface area contributed by atoms with Crippen LogP contribution in [0.1, 0.15) is 59.3 Å². The van der Waals surface area contributed by atoms with Gasteiger partial charge in [0.2, 0.25) is 5.91 Å². The van der Waals surface area contributed by atoms with Crippen LogP contribution in [0.3, 0.4) is 0 Å². The number of ether oxygens (including phenoxy) is 1. The molecule has 23 heavy (non-hydrogen) atoms. The van der Waals surface area contributed by atoms with E-state index in [0.29, 0.717) is 18.7 Å². The average Bonchev–Trinajstić information content (AvgIpc) is 2.49. The van der Waals surface area contributed by atoms with Crippen LogP contribution in [0.15, 0.2) is 24.3 Å². The second kappa shape index (κ2) is 7.35. The lowest BCUT2D eigenvalue weighted by Gasteiger charge is -2.35. The summed E-state index contributed by atoms with van der Waals surface area (Å²) < 4.78 is 5.94. The SMILES string of the molecule is CC(C)(C)Oc1ccccc1NC(=O)CC1(CN)CCCCC1. The Morgan fingerprint density at radius 3 is 2.48 bits per heavy atom. The molecule has 0 atom stereocenters. The summed E-state index contributed by atoms with van der Waals surface area (Å²) in [6.45, 7) is 6.58. The molecular formula is C19H30N2O2. The van der Waals surface area contributed by atoms with Crippen LogP contribution in [0, 0.1) is 5.41 Å². The van der Waals surface area contributed by atoms with E-state index in [1.165, 1.54) is 19.3 Å². The Morgan fingerprint density at radius 2 is 1.87 bits per heavy atom. The zero-order chi connectivity index (χ0) is 16.9. The van der Waals surface area contributed by atoms with Crippen molar-refractivity contribution in [2.75, 3.05) is 11.9 Å². The maximum Gasteiger partial charge on any atom is 0.225 e. The van der Waals surface area contributed by atoms with Crippen molar-refractivity contribution in [2.45, 2.75) is 64.9 Å². The zero-order valence-electron chi connectivity index (χ0n) is 14.7. The number of para-hydroxylation sites is 2. The number of hydrogen-bond donors (Lipinski definition) is 2. The van der Waals surface area contributed by atoms with E-state index >= 15 is 0 Å². The number of amides is 1. The number of carbonyl (C=O) groups excluding carboxylic acids is 1. The summed E-state index contributed by atoms with van der Waals surface area (Å²) in [5, 5.41) is 3.02. The third-order valence-corrected chi connectivity index (χ3v) is 4.46. The minimum Gasteiger partial charge on any atom is -0.486 e. The summed E-state index contributed by atoms with van der Waals surface area (Å²) in [5.41, 5.74) is 6.39. The molecule has 0 spiro atoms. The second-order valence-electron chi connectivity index (χ2n) is 7.70. The molecule has 1 aromatic rings. The fourth-order valence-corrected chi connectivity index (χ4v) is 3.28. The lowest BCUT2D eigenvalue weighted by Crippen LogP contribution is -2.36. The molecule has 3 N–H and O–H groups in total. The van der Waals surface area contributed by atoms with Gasteiger partial charge in [-0.3, -0.25) is 4.79 Å². The molecule has 2 rings (SSSR count). The van der Waals surface area contributed by atoms with Crippen LogP contribution in [0.4, 0.5) is 5.69 Å². The molecule has 0 aliphatic heterocycles. The van der Waals surface area contributed by atoms with Gasteiger partial charge in [-0.15, -0.1) is 0 Å². The Bertz CT molecular complexity index is 528. The van der Waals surface area contributed by atoms with Crippen molar-refractivity contribution in [1.82, 2.24) is 0 Å². The first-order valence-corrected chi connectivity index (χ1v) is 8.62. The fourth-order valence-electron chi connectivity index (χ4n) is 3.28. The van der Waals surface area contributed by atoms with E-state index in [1.54, 1.807) is 0 Å². The fraction of sp³-hybridized carbons (Fsp3) is 0.632. The lowest BCUT2D eigenvalue weighted by molar-refractivity contribution is -0.118. The molecule has 0 radical (unpaired) electrons. The van der Waals surface area contributed by atoms with Crippen molar-refractivity contribution in [3.63, 3.8) is 0 Å². The molecule has 0 aromatic heterocycles. The molecule has 0 saturated heterocycles. The molecule has 1 saturated carbocycles. The van der Waals surface area contributed by atoms with Gasteiger partial charge in [0.25, 0.3) is 0 Å². The minimum absolute atomic E-state index is 0.0256. The summed E-state index contributed by atoms with van der Waals surface area (Å²) >= 11 is 0. The largest absolute Gasteiger partial charge is 0.486 e. The van der Waals surface area contributed by atoms with Crippen LogP contribution in [0.2, 0.25) is 0 Å². The summed E-state index contributed by atoms with van der Waals surface area (Å²) in [7, 11) is 0. The van der Waals surface area contributed by atoms with Crippen molar-refractivity contribution in [3.8, 4) is 5.75 Å². The molecule has 1 aliphatic rings.